The van der Waals surface area contributed by atoms with Gasteiger partial charge in [0.15, 0.2) is 5.84 Å². The standard InChI is InChI=1S/C10H10N2O2S/c13-10-12(9(11-14)7-15-10)6-8-4-2-1-3-5-8/h1-5,14H,6-7H2/b11-9-. The zero-order valence-electron chi connectivity index (χ0n) is 7.96. The largest absolute Gasteiger partial charge is 0.409 e. The molecule has 15 heavy (non-hydrogen) atoms. The van der Waals surface area contributed by atoms with Crippen LogP contribution in [0.3, 0.4) is 0 Å². The van der Waals surface area contributed by atoms with Gasteiger partial charge in [-0.2, -0.15) is 0 Å². The Kier molecular flexibility index (Phi) is 2.91. The molecule has 4 nitrogen and oxygen atoms in total. The number of rotatable bonds is 2. The first kappa shape index (κ1) is 10.0. The first-order chi connectivity index (χ1) is 7.31. The second-order valence-electron chi connectivity index (χ2n) is 3.14. The summed E-state index contributed by atoms with van der Waals surface area (Å²) in [4.78, 5) is 12.9. The van der Waals surface area contributed by atoms with Crippen molar-refractivity contribution in [2.75, 3.05) is 5.75 Å². The molecule has 1 amide bonds. The van der Waals surface area contributed by atoms with Crippen LogP contribution in [-0.4, -0.2) is 26.9 Å². The zero-order valence-corrected chi connectivity index (χ0v) is 8.78. The molecule has 1 heterocycles. The maximum absolute atomic E-state index is 11.4. The summed E-state index contributed by atoms with van der Waals surface area (Å²) in [6.07, 6.45) is 0. The van der Waals surface area contributed by atoms with Gasteiger partial charge in [0.2, 0.25) is 0 Å². The number of thioether (sulfide) groups is 1. The van der Waals surface area contributed by atoms with Crippen LogP contribution in [0, 0.1) is 0 Å². The predicted molar refractivity (Wildman–Crippen MR) is 59.1 cm³/mol. The molecule has 1 aliphatic rings. The van der Waals surface area contributed by atoms with Gasteiger partial charge >= 0.3 is 0 Å². The molecule has 1 N–H and O–H groups in total. The second-order valence-corrected chi connectivity index (χ2v) is 4.07. The van der Waals surface area contributed by atoms with Crippen LogP contribution >= 0.6 is 11.8 Å². The van der Waals surface area contributed by atoms with Gasteiger partial charge in [0, 0.05) is 0 Å². The number of nitrogens with zero attached hydrogens (tertiary/aromatic N) is 2. The van der Waals surface area contributed by atoms with Crippen molar-refractivity contribution in [1.29, 1.82) is 0 Å². The summed E-state index contributed by atoms with van der Waals surface area (Å²) in [6, 6.07) is 9.62. The highest BCUT2D eigenvalue weighted by Crippen LogP contribution is 2.21. The third-order valence-electron chi connectivity index (χ3n) is 2.16. The normalized spacial score (nSPS) is 18.8. The van der Waals surface area contributed by atoms with Crippen LogP contribution in [0.4, 0.5) is 4.79 Å². The van der Waals surface area contributed by atoms with E-state index in [4.69, 9.17) is 5.21 Å². The monoisotopic (exact) mass is 222 g/mol. The molecule has 0 bridgehead atoms. The van der Waals surface area contributed by atoms with E-state index in [1.54, 1.807) is 0 Å². The first-order valence-corrected chi connectivity index (χ1v) is 5.49. The number of hydrogen-bond donors (Lipinski definition) is 1. The first-order valence-electron chi connectivity index (χ1n) is 4.50. The summed E-state index contributed by atoms with van der Waals surface area (Å²) < 4.78 is 0. The average molecular weight is 222 g/mol. The average Bonchev–Trinajstić information content (AvgIpc) is 2.62. The van der Waals surface area contributed by atoms with Gasteiger partial charge in [-0.3, -0.25) is 9.69 Å². The smallest absolute Gasteiger partial charge is 0.287 e. The molecule has 0 atom stereocenters. The Balaban J connectivity index is 2.14. The minimum Gasteiger partial charge on any atom is -0.409 e. The quantitative estimate of drug-likeness (QED) is 0.616. The molecular weight excluding hydrogens is 212 g/mol. The SMILES string of the molecule is O=C1SC/C(=N/O)N1Cc1ccccc1. The van der Waals surface area contributed by atoms with Crippen molar-refractivity contribution in [1.82, 2.24) is 4.90 Å². The molecule has 78 valence electrons. The van der Waals surface area contributed by atoms with Gasteiger partial charge in [0.05, 0.1) is 12.3 Å². The van der Waals surface area contributed by atoms with Crippen LogP contribution in [0.2, 0.25) is 0 Å². The van der Waals surface area contributed by atoms with Gasteiger partial charge in [0.1, 0.15) is 0 Å². The Morgan fingerprint density at radius 1 is 1.40 bits per heavy atom. The fourth-order valence-corrected chi connectivity index (χ4v) is 2.18. The summed E-state index contributed by atoms with van der Waals surface area (Å²) in [5.74, 6) is 0.871. The number of carbonyl (C=O) groups is 1. The molecule has 1 saturated heterocycles. The number of benzene rings is 1. The summed E-state index contributed by atoms with van der Waals surface area (Å²) in [5, 5.41) is 11.8. The second kappa shape index (κ2) is 4.35. The number of hydrogen-bond acceptors (Lipinski definition) is 4. The number of carbonyl (C=O) groups excluding carboxylic acids is 1. The van der Waals surface area contributed by atoms with Gasteiger partial charge in [-0.15, -0.1) is 0 Å². The van der Waals surface area contributed by atoms with E-state index in [9.17, 15) is 4.79 Å². The van der Waals surface area contributed by atoms with Crippen molar-refractivity contribution in [3.8, 4) is 0 Å². The molecule has 1 fully saturated rings. The Bertz CT molecular complexity index is 392. The van der Waals surface area contributed by atoms with Crippen LogP contribution in [-0.2, 0) is 6.54 Å². The van der Waals surface area contributed by atoms with E-state index >= 15 is 0 Å². The third-order valence-corrected chi connectivity index (χ3v) is 3.03. The minimum atomic E-state index is -0.0633. The van der Waals surface area contributed by atoms with E-state index in [1.165, 1.54) is 4.90 Å². The molecule has 5 heteroatoms. The fourth-order valence-electron chi connectivity index (χ4n) is 1.39. The van der Waals surface area contributed by atoms with Gasteiger partial charge in [-0.05, 0) is 5.56 Å². The zero-order chi connectivity index (χ0) is 10.7. The molecule has 1 aliphatic heterocycles. The Hall–Kier alpha value is -1.49. The van der Waals surface area contributed by atoms with Gasteiger partial charge in [-0.25, -0.2) is 0 Å². The molecule has 0 saturated carbocycles. The highest BCUT2D eigenvalue weighted by molar-refractivity contribution is 8.14. The Morgan fingerprint density at radius 2 is 2.13 bits per heavy atom. The van der Waals surface area contributed by atoms with Crippen molar-refractivity contribution in [3.63, 3.8) is 0 Å². The van der Waals surface area contributed by atoms with Crippen LogP contribution in [0.25, 0.3) is 0 Å². The molecule has 0 spiro atoms. The molecule has 1 aromatic carbocycles. The highest BCUT2D eigenvalue weighted by Gasteiger charge is 2.28. The molecule has 0 radical (unpaired) electrons. The lowest BCUT2D eigenvalue weighted by Crippen LogP contribution is -2.28. The van der Waals surface area contributed by atoms with Gasteiger partial charge in [-0.1, -0.05) is 47.2 Å². The van der Waals surface area contributed by atoms with E-state index < -0.39 is 0 Å². The summed E-state index contributed by atoms with van der Waals surface area (Å²) >= 11 is 1.15. The summed E-state index contributed by atoms with van der Waals surface area (Å²) in [6.45, 7) is 0.464. The van der Waals surface area contributed by atoms with E-state index in [1.807, 2.05) is 30.3 Å². The maximum atomic E-state index is 11.4. The summed E-state index contributed by atoms with van der Waals surface area (Å²) in [5.41, 5.74) is 1.02. The van der Waals surface area contributed by atoms with Crippen molar-refractivity contribution in [2.45, 2.75) is 6.54 Å². The van der Waals surface area contributed by atoms with E-state index in [2.05, 4.69) is 5.16 Å². The van der Waals surface area contributed by atoms with E-state index in [-0.39, 0.29) is 5.24 Å². The van der Waals surface area contributed by atoms with Crippen molar-refractivity contribution >= 4 is 22.8 Å². The van der Waals surface area contributed by atoms with E-state index in [0.29, 0.717) is 18.1 Å². The Morgan fingerprint density at radius 3 is 2.80 bits per heavy atom. The topological polar surface area (TPSA) is 52.9 Å². The third kappa shape index (κ3) is 2.12. The fraction of sp³-hybridized carbons (Fsp3) is 0.200. The lowest BCUT2D eigenvalue weighted by Gasteiger charge is -2.14. The molecule has 0 aromatic heterocycles. The lowest BCUT2D eigenvalue weighted by atomic mass is 10.2. The lowest BCUT2D eigenvalue weighted by molar-refractivity contribution is 0.240. The van der Waals surface area contributed by atoms with Crippen LogP contribution in [0.15, 0.2) is 35.5 Å². The number of oxime groups is 1. The van der Waals surface area contributed by atoms with Crippen LogP contribution < -0.4 is 0 Å². The molecule has 1 aromatic rings. The molecular formula is C10H10N2O2S. The summed E-state index contributed by atoms with van der Waals surface area (Å²) in [7, 11) is 0. The minimum absolute atomic E-state index is 0.0633. The maximum Gasteiger partial charge on any atom is 0.287 e. The Labute approximate surface area is 91.6 Å². The van der Waals surface area contributed by atoms with Gasteiger partial charge in [0.25, 0.3) is 5.24 Å². The highest BCUT2D eigenvalue weighted by atomic mass is 32.2. The molecule has 2 rings (SSSR count). The van der Waals surface area contributed by atoms with E-state index in [0.717, 1.165) is 17.3 Å². The molecule has 0 unspecified atom stereocenters. The van der Waals surface area contributed by atoms with Crippen molar-refractivity contribution in [2.24, 2.45) is 5.16 Å². The number of amides is 1. The van der Waals surface area contributed by atoms with Gasteiger partial charge < -0.3 is 5.21 Å². The van der Waals surface area contributed by atoms with Crippen LogP contribution in [0.5, 0.6) is 0 Å². The van der Waals surface area contributed by atoms with Crippen LogP contribution in [0.1, 0.15) is 5.56 Å². The van der Waals surface area contributed by atoms with Crippen molar-refractivity contribution < 1.29 is 10.0 Å². The number of amidine groups is 1. The molecule has 0 aliphatic carbocycles. The predicted octanol–water partition coefficient (Wildman–Crippen LogP) is 2.14. The van der Waals surface area contributed by atoms with Crippen molar-refractivity contribution in [3.05, 3.63) is 35.9 Å².